The van der Waals surface area contributed by atoms with Gasteiger partial charge in [-0.3, -0.25) is 4.79 Å². The zero-order chi connectivity index (χ0) is 18.6. The summed E-state index contributed by atoms with van der Waals surface area (Å²) in [7, 11) is 4.10. The van der Waals surface area contributed by atoms with Gasteiger partial charge < -0.3 is 24.6 Å². The molecule has 1 spiro atoms. The molecule has 1 N–H and O–H groups in total. The summed E-state index contributed by atoms with van der Waals surface area (Å²) in [6.07, 6.45) is 2.42. The highest BCUT2D eigenvalue weighted by Gasteiger charge is 2.41. The number of amides is 1. The van der Waals surface area contributed by atoms with E-state index < -0.39 is 5.79 Å². The molecule has 0 radical (unpaired) electrons. The molecule has 2 aliphatic heterocycles. The second-order valence-electron chi connectivity index (χ2n) is 7.17. The Morgan fingerprint density at radius 3 is 2.62 bits per heavy atom. The Morgan fingerprint density at radius 2 is 1.96 bits per heavy atom. The average molecular weight is 363 g/mol. The summed E-state index contributed by atoms with van der Waals surface area (Å²) in [6.45, 7) is 6.14. The standard InChI is InChI=1S/C18H29N5O3/c1-14-20-15(13-16(21-14)19-7-4-8-22(2)3)17(24)23-9-5-18(6-10-23)25-11-12-26-18/h13H,4-12H2,1-3H3,(H,19,20,21). The normalized spacial score (nSPS) is 19.3. The fraction of sp³-hybridized carbons (Fsp3) is 0.722. The molecule has 26 heavy (non-hydrogen) atoms. The molecule has 1 aromatic rings. The van der Waals surface area contributed by atoms with Gasteiger partial charge in [0.15, 0.2) is 5.79 Å². The molecule has 0 aromatic carbocycles. The Labute approximate surface area is 154 Å². The zero-order valence-electron chi connectivity index (χ0n) is 16.0. The molecule has 0 aliphatic carbocycles. The molecule has 3 rings (SSSR count). The van der Waals surface area contributed by atoms with Crippen molar-refractivity contribution in [3.8, 4) is 0 Å². The molecule has 8 heteroatoms. The Hall–Kier alpha value is -1.77. The van der Waals surface area contributed by atoms with E-state index in [1.807, 2.05) is 11.8 Å². The Bertz CT molecular complexity index is 621. The Balaban J connectivity index is 1.58. The van der Waals surface area contributed by atoms with Crippen LogP contribution in [0.25, 0.3) is 0 Å². The molecule has 8 nitrogen and oxygen atoms in total. The molecule has 0 bridgehead atoms. The summed E-state index contributed by atoms with van der Waals surface area (Å²) in [4.78, 5) is 25.5. The molecular weight excluding hydrogens is 334 g/mol. The van der Waals surface area contributed by atoms with Crippen molar-refractivity contribution in [2.45, 2.75) is 32.0 Å². The monoisotopic (exact) mass is 363 g/mol. The third kappa shape index (κ3) is 4.69. The van der Waals surface area contributed by atoms with Crippen LogP contribution in [0.5, 0.6) is 0 Å². The van der Waals surface area contributed by atoms with E-state index in [0.29, 0.717) is 56.5 Å². The first-order valence-corrected chi connectivity index (χ1v) is 9.29. The van der Waals surface area contributed by atoms with Crippen molar-refractivity contribution >= 4 is 11.7 Å². The van der Waals surface area contributed by atoms with E-state index in [9.17, 15) is 4.79 Å². The number of nitrogens with one attached hydrogen (secondary N) is 1. The van der Waals surface area contributed by atoms with Crippen molar-refractivity contribution < 1.29 is 14.3 Å². The second kappa shape index (κ2) is 8.28. The van der Waals surface area contributed by atoms with E-state index in [-0.39, 0.29) is 5.91 Å². The van der Waals surface area contributed by atoms with Crippen molar-refractivity contribution in [1.29, 1.82) is 0 Å². The first-order chi connectivity index (χ1) is 12.5. The number of ether oxygens (including phenoxy) is 2. The average Bonchev–Trinajstić information content (AvgIpc) is 3.06. The quantitative estimate of drug-likeness (QED) is 0.759. The Morgan fingerprint density at radius 1 is 1.27 bits per heavy atom. The molecule has 144 valence electrons. The van der Waals surface area contributed by atoms with E-state index in [1.54, 1.807) is 6.07 Å². The number of carbonyl (C=O) groups is 1. The van der Waals surface area contributed by atoms with Crippen molar-refractivity contribution in [2.75, 3.05) is 58.8 Å². The molecule has 2 aliphatic rings. The number of aromatic nitrogens is 2. The number of likely N-dealkylation sites (tertiary alicyclic amines) is 1. The highest BCUT2D eigenvalue weighted by atomic mass is 16.7. The molecule has 0 unspecified atom stereocenters. The van der Waals surface area contributed by atoms with Crippen molar-refractivity contribution in [3.05, 3.63) is 17.6 Å². The number of piperidine rings is 1. The SMILES string of the molecule is Cc1nc(NCCCN(C)C)cc(C(=O)N2CCC3(CC2)OCCO3)n1. The third-order valence-electron chi connectivity index (χ3n) is 4.77. The zero-order valence-corrected chi connectivity index (χ0v) is 16.0. The van der Waals surface area contributed by atoms with Crippen LogP contribution in [0.1, 0.15) is 35.6 Å². The van der Waals surface area contributed by atoms with Crippen LogP contribution in [0.15, 0.2) is 6.07 Å². The minimum absolute atomic E-state index is 0.0558. The highest BCUT2D eigenvalue weighted by Crippen LogP contribution is 2.31. The first-order valence-electron chi connectivity index (χ1n) is 9.29. The predicted molar refractivity (Wildman–Crippen MR) is 98.2 cm³/mol. The van der Waals surface area contributed by atoms with Crippen LogP contribution in [0.3, 0.4) is 0 Å². The van der Waals surface area contributed by atoms with Gasteiger partial charge in [0.2, 0.25) is 0 Å². The van der Waals surface area contributed by atoms with Crippen molar-refractivity contribution in [3.63, 3.8) is 0 Å². The van der Waals surface area contributed by atoms with Crippen molar-refractivity contribution in [1.82, 2.24) is 19.8 Å². The number of hydrogen-bond acceptors (Lipinski definition) is 7. The molecule has 2 saturated heterocycles. The molecule has 1 amide bonds. The van der Waals surface area contributed by atoms with E-state index in [0.717, 1.165) is 19.5 Å². The van der Waals surface area contributed by atoms with Crippen LogP contribution in [0.4, 0.5) is 5.82 Å². The van der Waals surface area contributed by atoms with Gasteiger partial charge in [-0.15, -0.1) is 0 Å². The summed E-state index contributed by atoms with van der Waals surface area (Å²) < 4.78 is 11.5. The van der Waals surface area contributed by atoms with Crippen LogP contribution in [0, 0.1) is 6.92 Å². The van der Waals surface area contributed by atoms with Gasteiger partial charge in [-0.1, -0.05) is 0 Å². The summed E-state index contributed by atoms with van der Waals surface area (Å²) in [5.41, 5.74) is 0.441. The maximum Gasteiger partial charge on any atom is 0.272 e. The number of rotatable bonds is 6. The van der Waals surface area contributed by atoms with E-state index in [1.165, 1.54) is 0 Å². The maximum atomic E-state index is 12.8. The lowest BCUT2D eigenvalue weighted by Crippen LogP contribution is -2.47. The molecule has 1 aromatic heterocycles. The summed E-state index contributed by atoms with van der Waals surface area (Å²) in [5.74, 6) is 0.773. The lowest BCUT2D eigenvalue weighted by molar-refractivity contribution is -0.181. The van der Waals surface area contributed by atoms with Gasteiger partial charge in [-0.25, -0.2) is 9.97 Å². The lowest BCUT2D eigenvalue weighted by atomic mass is 10.0. The molecule has 0 atom stereocenters. The number of hydrogen-bond donors (Lipinski definition) is 1. The largest absolute Gasteiger partial charge is 0.370 e. The summed E-state index contributed by atoms with van der Waals surface area (Å²) in [6, 6.07) is 1.75. The molecule has 0 saturated carbocycles. The third-order valence-corrected chi connectivity index (χ3v) is 4.77. The lowest BCUT2D eigenvalue weighted by Gasteiger charge is -2.37. The minimum atomic E-state index is -0.475. The van der Waals surface area contributed by atoms with Crippen LogP contribution >= 0.6 is 0 Å². The van der Waals surface area contributed by atoms with Gasteiger partial charge in [-0.05, 0) is 34.0 Å². The van der Waals surface area contributed by atoms with E-state index >= 15 is 0 Å². The highest BCUT2D eigenvalue weighted by molar-refractivity contribution is 5.93. The van der Waals surface area contributed by atoms with Crippen LogP contribution in [0.2, 0.25) is 0 Å². The van der Waals surface area contributed by atoms with Gasteiger partial charge in [0, 0.05) is 38.5 Å². The fourth-order valence-corrected chi connectivity index (χ4v) is 3.38. The van der Waals surface area contributed by atoms with E-state index in [4.69, 9.17) is 9.47 Å². The van der Waals surface area contributed by atoms with Crippen LogP contribution < -0.4 is 5.32 Å². The minimum Gasteiger partial charge on any atom is -0.370 e. The number of nitrogens with zero attached hydrogens (tertiary/aromatic N) is 4. The smallest absolute Gasteiger partial charge is 0.272 e. The maximum absolute atomic E-state index is 12.8. The Kier molecular flexibility index (Phi) is 6.05. The van der Waals surface area contributed by atoms with Gasteiger partial charge in [0.05, 0.1) is 13.2 Å². The van der Waals surface area contributed by atoms with Crippen LogP contribution in [-0.2, 0) is 9.47 Å². The summed E-state index contributed by atoms with van der Waals surface area (Å²) >= 11 is 0. The van der Waals surface area contributed by atoms with Gasteiger partial charge in [0.1, 0.15) is 17.3 Å². The fourth-order valence-electron chi connectivity index (χ4n) is 3.38. The number of carbonyl (C=O) groups excluding carboxylic acids is 1. The first kappa shape index (κ1) is 19.0. The van der Waals surface area contributed by atoms with Crippen molar-refractivity contribution in [2.24, 2.45) is 0 Å². The molecule has 3 heterocycles. The van der Waals surface area contributed by atoms with Crippen LogP contribution in [-0.4, -0.2) is 85.0 Å². The predicted octanol–water partition coefficient (Wildman–Crippen LogP) is 1.13. The molecule has 2 fully saturated rings. The number of anilines is 1. The van der Waals surface area contributed by atoms with Gasteiger partial charge in [-0.2, -0.15) is 0 Å². The van der Waals surface area contributed by atoms with E-state index in [2.05, 4.69) is 34.3 Å². The van der Waals surface area contributed by atoms with Gasteiger partial charge in [0.25, 0.3) is 5.91 Å². The number of aryl methyl sites for hydroxylation is 1. The van der Waals surface area contributed by atoms with Gasteiger partial charge >= 0.3 is 0 Å². The topological polar surface area (TPSA) is 79.8 Å². The summed E-state index contributed by atoms with van der Waals surface area (Å²) in [5, 5.41) is 3.29. The second-order valence-corrected chi connectivity index (χ2v) is 7.17. The molecular formula is C18H29N5O3.